The van der Waals surface area contributed by atoms with Crippen LogP contribution in [0.25, 0.3) is 0 Å². The predicted octanol–water partition coefficient (Wildman–Crippen LogP) is 2.57. The van der Waals surface area contributed by atoms with Gasteiger partial charge in [-0.3, -0.25) is 0 Å². The Morgan fingerprint density at radius 1 is 0.815 bits per heavy atom. The van der Waals surface area contributed by atoms with Gasteiger partial charge in [0.25, 0.3) is 0 Å². The first kappa shape index (κ1) is 18.0. The van der Waals surface area contributed by atoms with Crippen molar-refractivity contribution in [3.63, 3.8) is 0 Å². The molecule has 1 heterocycles. The second-order valence-electron chi connectivity index (χ2n) is 7.52. The van der Waals surface area contributed by atoms with E-state index in [0.29, 0.717) is 43.0 Å². The van der Waals surface area contributed by atoms with Crippen LogP contribution >= 0.6 is 0 Å². The van der Waals surface area contributed by atoms with Crippen molar-refractivity contribution in [2.45, 2.75) is 57.0 Å². The highest BCUT2D eigenvalue weighted by molar-refractivity contribution is 5.45. The van der Waals surface area contributed by atoms with Gasteiger partial charge in [-0.2, -0.15) is 15.0 Å². The number of benzene rings is 1. The molecule has 2 aliphatic rings. The van der Waals surface area contributed by atoms with E-state index in [9.17, 15) is 0 Å². The Labute approximate surface area is 160 Å². The normalized spacial score (nSPS) is 17.5. The van der Waals surface area contributed by atoms with Crippen molar-refractivity contribution in [1.29, 1.82) is 0 Å². The molecule has 1 aromatic carbocycles. The zero-order chi connectivity index (χ0) is 18.5. The third-order valence-electron chi connectivity index (χ3n) is 5.39. The lowest BCUT2D eigenvalue weighted by Crippen LogP contribution is -2.26. The maximum absolute atomic E-state index is 5.62. The third-order valence-corrected chi connectivity index (χ3v) is 5.39. The number of nitrogens with zero attached hydrogens (tertiary/aromatic N) is 3. The van der Waals surface area contributed by atoms with Crippen molar-refractivity contribution in [3.05, 3.63) is 35.4 Å². The summed E-state index contributed by atoms with van der Waals surface area (Å²) in [4.78, 5) is 13.7. The van der Waals surface area contributed by atoms with Crippen LogP contribution in [0.5, 0.6) is 0 Å². The standard InChI is InChI=1S/C20H29N7/c21-10-11-22-18-25-19(23-16-8-2-1-3-9-16)27-20(26-18)24-17-12-14-6-4-5-7-15(14)13-17/h4-7,16-17H,1-3,8-13,21H2,(H3,22,23,24,25,26,27). The molecule has 2 aromatic rings. The van der Waals surface area contributed by atoms with Gasteiger partial charge in [-0.05, 0) is 36.8 Å². The highest BCUT2D eigenvalue weighted by atomic mass is 15.3. The van der Waals surface area contributed by atoms with E-state index in [2.05, 4.69) is 55.2 Å². The summed E-state index contributed by atoms with van der Waals surface area (Å²) in [6.45, 7) is 1.18. The molecule has 1 fully saturated rings. The highest BCUT2D eigenvalue weighted by Gasteiger charge is 2.22. The number of rotatable bonds is 7. The summed E-state index contributed by atoms with van der Waals surface area (Å²) in [6.07, 6.45) is 8.22. The number of nitrogens with one attached hydrogen (secondary N) is 3. The zero-order valence-electron chi connectivity index (χ0n) is 15.7. The van der Waals surface area contributed by atoms with E-state index in [4.69, 9.17) is 5.73 Å². The third kappa shape index (κ3) is 4.66. The maximum Gasteiger partial charge on any atom is 0.229 e. The van der Waals surface area contributed by atoms with Crippen molar-refractivity contribution in [3.8, 4) is 0 Å². The Bertz CT molecular complexity index is 733. The fourth-order valence-corrected chi connectivity index (χ4v) is 4.04. The minimum Gasteiger partial charge on any atom is -0.353 e. The Morgan fingerprint density at radius 3 is 2.04 bits per heavy atom. The molecule has 4 rings (SSSR count). The second-order valence-corrected chi connectivity index (χ2v) is 7.52. The van der Waals surface area contributed by atoms with Crippen molar-refractivity contribution < 1.29 is 0 Å². The van der Waals surface area contributed by atoms with Gasteiger partial charge in [-0.15, -0.1) is 0 Å². The van der Waals surface area contributed by atoms with E-state index in [1.54, 1.807) is 0 Å². The molecule has 1 aromatic heterocycles. The Hall–Kier alpha value is -2.41. The molecule has 0 spiro atoms. The second kappa shape index (κ2) is 8.52. The van der Waals surface area contributed by atoms with Crippen molar-refractivity contribution >= 4 is 17.8 Å². The minimum atomic E-state index is 0.315. The molecular weight excluding hydrogens is 338 g/mol. The molecule has 5 N–H and O–H groups in total. The molecule has 0 atom stereocenters. The van der Waals surface area contributed by atoms with Gasteiger partial charge in [0.05, 0.1) is 0 Å². The van der Waals surface area contributed by atoms with E-state index < -0.39 is 0 Å². The summed E-state index contributed by atoms with van der Waals surface area (Å²) >= 11 is 0. The van der Waals surface area contributed by atoms with Crippen LogP contribution in [0, 0.1) is 0 Å². The lowest BCUT2D eigenvalue weighted by Gasteiger charge is -2.23. The minimum absolute atomic E-state index is 0.315. The van der Waals surface area contributed by atoms with Gasteiger partial charge in [-0.1, -0.05) is 43.5 Å². The molecule has 0 aliphatic heterocycles. The van der Waals surface area contributed by atoms with Gasteiger partial charge >= 0.3 is 0 Å². The smallest absolute Gasteiger partial charge is 0.229 e. The summed E-state index contributed by atoms with van der Waals surface area (Å²) in [7, 11) is 0. The van der Waals surface area contributed by atoms with Crippen LogP contribution < -0.4 is 21.7 Å². The van der Waals surface area contributed by atoms with Gasteiger partial charge in [0.2, 0.25) is 17.8 Å². The molecule has 0 bridgehead atoms. The molecular formula is C20H29N7. The van der Waals surface area contributed by atoms with Crippen molar-refractivity contribution in [1.82, 2.24) is 15.0 Å². The van der Waals surface area contributed by atoms with E-state index in [-0.39, 0.29) is 0 Å². The Morgan fingerprint density at radius 2 is 1.41 bits per heavy atom. The van der Waals surface area contributed by atoms with Crippen LogP contribution in [0.1, 0.15) is 43.2 Å². The van der Waals surface area contributed by atoms with Gasteiger partial charge in [0.1, 0.15) is 0 Å². The van der Waals surface area contributed by atoms with E-state index in [1.807, 2.05) is 0 Å². The zero-order valence-corrected chi connectivity index (χ0v) is 15.7. The van der Waals surface area contributed by atoms with Crippen LogP contribution in [-0.4, -0.2) is 40.1 Å². The van der Waals surface area contributed by atoms with Gasteiger partial charge in [0, 0.05) is 25.2 Å². The SMILES string of the molecule is NCCNc1nc(NC2CCCCC2)nc(NC2Cc3ccccc3C2)n1. The molecule has 2 aliphatic carbocycles. The maximum atomic E-state index is 5.62. The topological polar surface area (TPSA) is 101 Å². The molecule has 7 heteroatoms. The average molecular weight is 368 g/mol. The average Bonchev–Trinajstić information content (AvgIpc) is 3.09. The Balaban J connectivity index is 1.47. The molecule has 144 valence electrons. The monoisotopic (exact) mass is 367 g/mol. The molecule has 0 unspecified atom stereocenters. The fourth-order valence-electron chi connectivity index (χ4n) is 4.04. The van der Waals surface area contributed by atoms with E-state index >= 15 is 0 Å². The first-order chi connectivity index (χ1) is 13.3. The van der Waals surface area contributed by atoms with Gasteiger partial charge < -0.3 is 21.7 Å². The molecule has 0 amide bonds. The number of hydrogen-bond acceptors (Lipinski definition) is 7. The summed E-state index contributed by atoms with van der Waals surface area (Å²) in [6, 6.07) is 9.38. The molecule has 0 saturated heterocycles. The summed E-state index contributed by atoms with van der Waals surface area (Å²) in [5.41, 5.74) is 8.43. The van der Waals surface area contributed by atoms with Gasteiger partial charge in [0.15, 0.2) is 0 Å². The fraction of sp³-hybridized carbons (Fsp3) is 0.550. The van der Waals surface area contributed by atoms with Crippen LogP contribution in [0.2, 0.25) is 0 Å². The van der Waals surface area contributed by atoms with Gasteiger partial charge in [-0.25, -0.2) is 0 Å². The molecule has 1 saturated carbocycles. The highest BCUT2D eigenvalue weighted by Crippen LogP contribution is 2.25. The Kier molecular flexibility index (Phi) is 5.67. The van der Waals surface area contributed by atoms with Crippen LogP contribution in [0.15, 0.2) is 24.3 Å². The van der Waals surface area contributed by atoms with Crippen molar-refractivity contribution in [2.75, 3.05) is 29.0 Å². The quantitative estimate of drug-likeness (QED) is 0.597. The first-order valence-corrected chi connectivity index (χ1v) is 10.1. The number of aromatic nitrogens is 3. The van der Waals surface area contributed by atoms with E-state index in [0.717, 1.165) is 12.8 Å². The number of nitrogens with two attached hydrogens (primary N) is 1. The summed E-state index contributed by atoms with van der Waals surface area (Å²) in [5.74, 6) is 1.85. The van der Waals surface area contributed by atoms with Crippen LogP contribution in [-0.2, 0) is 12.8 Å². The predicted molar refractivity (Wildman–Crippen MR) is 109 cm³/mol. The van der Waals surface area contributed by atoms with Crippen molar-refractivity contribution in [2.24, 2.45) is 5.73 Å². The molecule has 7 nitrogen and oxygen atoms in total. The van der Waals surface area contributed by atoms with Crippen LogP contribution in [0.4, 0.5) is 17.8 Å². The summed E-state index contributed by atoms with van der Waals surface area (Å²) in [5, 5.41) is 10.2. The first-order valence-electron chi connectivity index (χ1n) is 10.1. The lowest BCUT2D eigenvalue weighted by molar-refractivity contribution is 0.461. The largest absolute Gasteiger partial charge is 0.353 e. The van der Waals surface area contributed by atoms with E-state index in [1.165, 1.54) is 43.2 Å². The lowest BCUT2D eigenvalue weighted by atomic mass is 9.96. The summed E-state index contributed by atoms with van der Waals surface area (Å²) < 4.78 is 0. The number of fused-ring (bicyclic) bond motifs is 1. The molecule has 0 radical (unpaired) electrons. The van der Waals surface area contributed by atoms with Crippen LogP contribution in [0.3, 0.4) is 0 Å². The molecule has 27 heavy (non-hydrogen) atoms. The number of anilines is 3. The number of hydrogen-bond donors (Lipinski definition) is 4.